The number of rotatable bonds is 6. The van der Waals surface area contributed by atoms with Crippen molar-refractivity contribution in [3.05, 3.63) is 212 Å². The van der Waals surface area contributed by atoms with Gasteiger partial charge in [0.1, 0.15) is 11.2 Å². The number of furan rings is 1. The molecular weight excluding hydrogens is 743 g/mol. The van der Waals surface area contributed by atoms with Gasteiger partial charge in [0.2, 0.25) is 0 Å². The van der Waals surface area contributed by atoms with Crippen LogP contribution in [0.3, 0.4) is 0 Å². The quantitative estimate of drug-likeness (QED) is 0.158. The van der Waals surface area contributed by atoms with Crippen LogP contribution in [0, 0.1) is 0 Å². The Morgan fingerprint density at radius 1 is 0.328 bits per heavy atom. The number of para-hydroxylation sites is 1. The molecule has 0 radical (unpaired) electrons. The van der Waals surface area contributed by atoms with Crippen molar-refractivity contribution in [3.8, 4) is 67.4 Å². The van der Waals surface area contributed by atoms with Gasteiger partial charge in [0.05, 0.1) is 28.0 Å². The molecule has 61 heavy (non-hydrogen) atoms. The standard InChI is InChI=1S/C57H35N3O/c1-3-13-36(14-4-1)37-23-27-39(28-24-37)50-35-51(60-57(59-50)41-15-5-2-6-16-41)40-29-25-38(26-30-40)42-31-32-47-52(34-42)58-55(54-48-21-11-12-22-53(48)61-56(47)54)49-33-43-17-7-8-18-44(43)45-19-9-10-20-46(45)49/h1-35H. The zero-order valence-corrected chi connectivity index (χ0v) is 33.0. The minimum Gasteiger partial charge on any atom is -0.455 e. The number of hydrogen-bond donors (Lipinski definition) is 0. The zero-order valence-electron chi connectivity index (χ0n) is 33.0. The summed E-state index contributed by atoms with van der Waals surface area (Å²) in [4.78, 5) is 15.7. The van der Waals surface area contributed by atoms with Crippen LogP contribution in [-0.2, 0) is 0 Å². The monoisotopic (exact) mass is 777 g/mol. The highest BCUT2D eigenvalue weighted by Gasteiger charge is 2.21. The molecule has 0 amide bonds. The molecule has 0 aliphatic rings. The van der Waals surface area contributed by atoms with E-state index in [4.69, 9.17) is 19.4 Å². The number of fused-ring (bicyclic) bond motifs is 8. The molecule has 0 aliphatic carbocycles. The zero-order chi connectivity index (χ0) is 40.3. The lowest BCUT2D eigenvalue weighted by Crippen LogP contribution is -1.96. The first-order valence-electron chi connectivity index (χ1n) is 20.6. The van der Waals surface area contributed by atoms with Crippen molar-refractivity contribution in [2.45, 2.75) is 0 Å². The molecule has 0 saturated heterocycles. The first kappa shape index (κ1) is 34.8. The molecule has 9 aromatic carbocycles. The van der Waals surface area contributed by atoms with Gasteiger partial charge >= 0.3 is 0 Å². The van der Waals surface area contributed by atoms with E-state index in [1.807, 2.05) is 36.4 Å². The lowest BCUT2D eigenvalue weighted by Gasteiger charge is -2.13. The fraction of sp³-hybridized carbons (Fsp3) is 0. The van der Waals surface area contributed by atoms with Crippen LogP contribution in [0.4, 0.5) is 0 Å². The molecule has 3 aromatic heterocycles. The topological polar surface area (TPSA) is 51.8 Å². The third-order valence-electron chi connectivity index (χ3n) is 11.9. The van der Waals surface area contributed by atoms with E-state index in [2.05, 4.69) is 176 Å². The number of pyridine rings is 1. The van der Waals surface area contributed by atoms with Crippen LogP contribution in [-0.4, -0.2) is 15.0 Å². The van der Waals surface area contributed by atoms with Gasteiger partial charge in [-0.3, -0.25) is 0 Å². The van der Waals surface area contributed by atoms with E-state index in [9.17, 15) is 0 Å². The van der Waals surface area contributed by atoms with Crippen LogP contribution in [0.5, 0.6) is 0 Å². The van der Waals surface area contributed by atoms with Gasteiger partial charge < -0.3 is 4.42 Å². The molecule has 0 aliphatic heterocycles. The lowest BCUT2D eigenvalue weighted by atomic mass is 9.93. The van der Waals surface area contributed by atoms with Crippen molar-refractivity contribution in [3.63, 3.8) is 0 Å². The number of benzene rings is 9. The summed E-state index contributed by atoms with van der Waals surface area (Å²) < 4.78 is 6.69. The highest BCUT2D eigenvalue weighted by atomic mass is 16.3. The molecule has 0 N–H and O–H groups in total. The molecule has 4 nitrogen and oxygen atoms in total. The van der Waals surface area contributed by atoms with Gasteiger partial charge in [-0.1, -0.05) is 182 Å². The van der Waals surface area contributed by atoms with E-state index in [0.717, 1.165) is 83.3 Å². The van der Waals surface area contributed by atoms with Crippen LogP contribution in [0.15, 0.2) is 217 Å². The summed E-state index contributed by atoms with van der Waals surface area (Å²) in [5, 5.41) is 7.87. The highest BCUT2D eigenvalue weighted by Crippen LogP contribution is 2.43. The molecule has 12 aromatic rings. The number of hydrogen-bond acceptors (Lipinski definition) is 4. The van der Waals surface area contributed by atoms with Crippen molar-refractivity contribution < 1.29 is 4.42 Å². The minimum absolute atomic E-state index is 0.691. The van der Waals surface area contributed by atoms with Gasteiger partial charge in [0.25, 0.3) is 0 Å². The molecule has 0 saturated carbocycles. The first-order chi connectivity index (χ1) is 30.2. The Kier molecular flexibility index (Phi) is 8.13. The summed E-state index contributed by atoms with van der Waals surface area (Å²) in [7, 11) is 0. The second-order valence-electron chi connectivity index (χ2n) is 15.5. The molecule has 4 heteroatoms. The van der Waals surface area contributed by atoms with Crippen molar-refractivity contribution in [2.24, 2.45) is 0 Å². The maximum absolute atomic E-state index is 6.69. The van der Waals surface area contributed by atoms with Crippen LogP contribution in [0.2, 0.25) is 0 Å². The summed E-state index contributed by atoms with van der Waals surface area (Å²) in [6.07, 6.45) is 0. The molecule has 284 valence electrons. The molecular formula is C57H35N3O. The summed E-state index contributed by atoms with van der Waals surface area (Å²) in [6, 6.07) is 74.3. The van der Waals surface area contributed by atoms with Crippen LogP contribution >= 0.6 is 0 Å². The van der Waals surface area contributed by atoms with Crippen LogP contribution < -0.4 is 0 Å². The second-order valence-corrected chi connectivity index (χ2v) is 15.5. The maximum Gasteiger partial charge on any atom is 0.160 e. The Morgan fingerprint density at radius 2 is 0.852 bits per heavy atom. The average molecular weight is 778 g/mol. The van der Waals surface area contributed by atoms with Gasteiger partial charge in [0, 0.05) is 33.0 Å². The third kappa shape index (κ3) is 6.04. The fourth-order valence-electron chi connectivity index (χ4n) is 8.84. The third-order valence-corrected chi connectivity index (χ3v) is 11.9. The van der Waals surface area contributed by atoms with Crippen LogP contribution in [0.1, 0.15) is 0 Å². The van der Waals surface area contributed by atoms with E-state index in [-0.39, 0.29) is 0 Å². The van der Waals surface area contributed by atoms with Gasteiger partial charge in [0.15, 0.2) is 5.82 Å². The van der Waals surface area contributed by atoms with Crippen molar-refractivity contribution in [2.75, 3.05) is 0 Å². The normalized spacial score (nSPS) is 11.6. The highest BCUT2D eigenvalue weighted by molar-refractivity contribution is 6.23. The maximum atomic E-state index is 6.69. The predicted molar refractivity (Wildman–Crippen MR) is 252 cm³/mol. The lowest BCUT2D eigenvalue weighted by molar-refractivity contribution is 0.672. The van der Waals surface area contributed by atoms with Gasteiger partial charge in [-0.2, -0.15) is 0 Å². The minimum atomic E-state index is 0.691. The fourth-order valence-corrected chi connectivity index (χ4v) is 8.84. The largest absolute Gasteiger partial charge is 0.455 e. The van der Waals surface area contributed by atoms with E-state index in [1.165, 1.54) is 32.7 Å². The summed E-state index contributed by atoms with van der Waals surface area (Å²) in [5.41, 5.74) is 13.9. The molecule has 3 heterocycles. The molecule has 12 rings (SSSR count). The van der Waals surface area contributed by atoms with Crippen molar-refractivity contribution in [1.82, 2.24) is 15.0 Å². The van der Waals surface area contributed by atoms with E-state index >= 15 is 0 Å². The van der Waals surface area contributed by atoms with E-state index in [1.54, 1.807) is 0 Å². The Labute approximate surface area is 352 Å². The molecule has 0 unspecified atom stereocenters. The number of aromatic nitrogens is 3. The summed E-state index contributed by atoms with van der Waals surface area (Å²) in [5.74, 6) is 0.691. The smallest absolute Gasteiger partial charge is 0.160 e. The van der Waals surface area contributed by atoms with Gasteiger partial charge in [-0.05, 0) is 74.1 Å². The Morgan fingerprint density at radius 3 is 1.56 bits per heavy atom. The Balaban J connectivity index is 0.969. The van der Waals surface area contributed by atoms with E-state index < -0.39 is 0 Å². The van der Waals surface area contributed by atoms with Crippen molar-refractivity contribution in [1.29, 1.82) is 0 Å². The van der Waals surface area contributed by atoms with Crippen molar-refractivity contribution >= 4 is 54.4 Å². The summed E-state index contributed by atoms with van der Waals surface area (Å²) in [6.45, 7) is 0. The van der Waals surface area contributed by atoms with Crippen LogP contribution in [0.25, 0.3) is 122 Å². The number of nitrogens with zero attached hydrogens (tertiary/aromatic N) is 3. The van der Waals surface area contributed by atoms with E-state index in [0.29, 0.717) is 5.82 Å². The Hall–Kier alpha value is -8.21. The van der Waals surface area contributed by atoms with Gasteiger partial charge in [-0.15, -0.1) is 0 Å². The van der Waals surface area contributed by atoms with Gasteiger partial charge in [-0.25, -0.2) is 15.0 Å². The summed E-state index contributed by atoms with van der Waals surface area (Å²) >= 11 is 0. The second kappa shape index (κ2) is 14.3. The predicted octanol–water partition coefficient (Wildman–Crippen LogP) is 15.2. The molecule has 0 fully saturated rings. The molecule has 0 bridgehead atoms. The first-order valence-corrected chi connectivity index (χ1v) is 20.6. The average Bonchev–Trinajstić information content (AvgIpc) is 3.74. The Bertz CT molecular complexity index is 3610. The molecule has 0 spiro atoms. The molecule has 0 atom stereocenters. The SMILES string of the molecule is c1ccc(-c2ccc(-c3cc(-c4ccc(-c5ccc6c(c5)nc(-c5cc7ccccc7c7ccccc57)c5c7ccccc7oc65)cc4)nc(-c4ccccc4)n3)cc2)cc1.